The molecule has 1 aliphatic heterocycles. The molecule has 0 unspecified atom stereocenters. The number of hydrogen-bond acceptors (Lipinski definition) is 4. The molecule has 6 nitrogen and oxygen atoms in total. The van der Waals surface area contributed by atoms with Crippen LogP contribution in [0.1, 0.15) is 28.8 Å². The molecule has 0 bridgehead atoms. The van der Waals surface area contributed by atoms with Gasteiger partial charge < -0.3 is 20.3 Å². The summed E-state index contributed by atoms with van der Waals surface area (Å²) in [7, 11) is 1.60. The topological polar surface area (TPSA) is 75.9 Å². The quantitative estimate of drug-likeness (QED) is 0.886. The number of benzene rings is 1. The Kier molecular flexibility index (Phi) is 5.40. The van der Waals surface area contributed by atoms with Gasteiger partial charge in [-0.25, -0.2) is 0 Å². The number of methoxy groups -OCH3 is 1. The van der Waals surface area contributed by atoms with Gasteiger partial charge in [-0.2, -0.15) is 0 Å². The molecule has 0 spiro atoms. The molecular formula is C17H24ClN3O3. The number of nitrogens with zero attached hydrogens (tertiary/aromatic N) is 2. The van der Waals surface area contributed by atoms with Crippen molar-refractivity contribution in [3.63, 3.8) is 0 Å². The van der Waals surface area contributed by atoms with Gasteiger partial charge in [0, 0.05) is 31.7 Å². The maximum Gasteiger partial charge on any atom is 0.254 e. The maximum absolute atomic E-state index is 12.6. The molecule has 0 aromatic heterocycles. The third-order valence-electron chi connectivity index (χ3n) is 4.72. The molecule has 24 heavy (non-hydrogen) atoms. The number of carbonyl (C=O) groups excluding carboxylic acids is 2. The van der Waals surface area contributed by atoms with E-state index < -0.39 is 5.54 Å². The lowest BCUT2D eigenvalue weighted by atomic mass is 10.1. The van der Waals surface area contributed by atoms with Crippen molar-refractivity contribution in [3.8, 4) is 5.75 Å². The number of rotatable bonds is 3. The Labute approximate surface area is 148 Å². The Bertz CT molecular complexity index is 638. The molecule has 1 aliphatic carbocycles. The van der Waals surface area contributed by atoms with E-state index in [4.69, 9.17) is 10.5 Å². The van der Waals surface area contributed by atoms with E-state index in [0.717, 1.165) is 18.4 Å². The highest BCUT2D eigenvalue weighted by Gasteiger charge is 2.48. The summed E-state index contributed by atoms with van der Waals surface area (Å²) in [4.78, 5) is 28.4. The Morgan fingerprint density at radius 2 is 1.71 bits per heavy atom. The lowest BCUT2D eigenvalue weighted by Crippen LogP contribution is -2.55. The number of piperazine rings is 1. The van der Waals surface area contributed by atoms with Gasteiger partial charge in [-0.05, 0) is 37.5 Å². The summed E-state index contributed by atoms with van der Waals surface area (Å²) in [5.41, 5.74) is 6.95. The Hall–Kier alpha value is -1.79. The van der Waals surface area contributed by atoms with Crippen LogP contribution < -0.4 is 10.5 Å². The predicted molar refractivity (Wildman–Crippen MR) is 93.6 cm³/mol. The van der Waals surface area contributed by atoms with Crippen LogP contribution >= 0.6 is 12.4 Å². The van der Waals surface area contributed by atoms with Crippen molar-refractivity contribution < 1.29 is 14.3 Å². The van der Waals surface area contributed by atoms with Gasteiger partial charge in [0.1, 0.15) is 5.75 Å². The third kappa shape index (κ3) is 3.49. The molecule has 1 heterocycles. The van der Waals surface area contributed by atoms with E-state index >= 15 is 0 Å². The number of nitrogens with two attached hydrogens (primary N) is 1. The fraction of sp³-hybridized carbons (Fsp3) is 0.529. The standard InChI is InChI=1S/C17H23N3O3.ClH/c1-12-3-4-13(11-14(12)23-2)15(21)19-7-9-20(10-8-19)16(22)17(18)5-6-17;/h3-4,11H,5-10,18H2,1-2H3;1H. The van der Waals surface area contributed by atoms with Crippen molar-refractivity contribution in [2.24, 2.45) is 5.73 Å². The first-order valence-electron chi connectivity index (χ1n) is 7.97. The second-order valence-corrected chi connectivity index (χ2v) is 6.42. The third-order valence-corrected chi connectivity index (χ3v) is 4.72. The summed E-state index contributed by atoms with van der Waals surface area (Å²) in [5, 5.41) is 0. The van der Waals surface area contributed by atoms with Crippen LogP contribution in [-0.2, 0) is 4.79 Å². The van der Waals surface area contributed by atoms with Gasteiger partial charge >= 0.3 is 0 Å². The molecule has 0 atom stereocenters. The summed E-state index contributed by atoms with van der Waals surface area (Å²) >= 11 is 0. The van der Waals surface area contributed by atoms with Crippen molar-refractivity contribution in [1.82, 2.24) is 9.80 Å². The van der Waals surface area contributed by atoms with Gasteiger partial charge in [0.25, 0.3) is 5.91 Å². The SMILES string of the molecule is COc1cc(C(=O)N2CCN(C(=O)C3(N)CC3)CC2)ccc1C.Cl. The van der Waals surface area contributed by atoms with Crippen LogP contribution in [0.4, 0.5) is 0 Å². The molecule has 2 fully saturated rings. The van der Waals surface area contributed by atoms with E-state index in [0.29, 0.717) is 37.5 Å². The minimum Gasteiger partial charge on any atom is -0.496 e. The normalized spacial score (nSPS) is 18.6. The van der Waals surface area contributed by atoms with Gasteiger partial charge in [0.15, 0.2) is 0 Å². The first kappa shape index (κ1) is 18.5. The molecule has 1 saturated carbocycles. The zero-order valence-corrected chi connectivity index (χ0v) is 14.9. The monoisotopic (exact) mass is 353 g/mol. The number of aryl methyl sites for hydroxylation is 1. The largest absolute Gasteiger partial charge is 0.496 e. The van der Waals surface area contributed by atoms with Gasteiger partial charge in [-0.1, -0.05) is 6.07 Å². The molecular weight excluding hydrogens is 330 g/mol. The number of ether oxygens (including phenoxy) is 1. The van der Waals surface area contributed by atoms with Crippen LogP contribution in [0.5, 0.6) is 5.75 Å². The zero-order chi connectivity index (χ0) is 16.6. The average Bonchev–Trinajstić information content (AvgIpc) is 3.33. The van der Waals surface area contributed by atoms with Gasteiger partial charge in [-0.15, -0.1) is 12.4 Å². The van der Waals surface area contributed by atoms with Crippen molar-refractivity contribution in [2.45, 2.75) is 25.3 Å². The molecule has 2 aliphatic rings. The van der Waals surface area contributed by atoms with Crippen LogP contribution in [0.15, 0.2) is 18.2 Å². The number of carbonyl (C=O) groups is 2. The fourth-order valence-electron chi connectivity index (χ4n) is 2.91. The van der Waals surface area contributed by atoms with E-state index in [-0.39, 0.29) is 24.2 Å². The van der Waals surface area contributed by atoms with E-state index in [2.05, 4.69) is 0 Å². The van der Waals surface area contributed by atoms with Gasteiger partial charge in [-0.3, -0.25) is 9.59 Å². The molecule has 2 amide bonds. The van der Waals surface area contributed by atoms with Gasteiger partial charge in [0.05, 0.1) is 12.6 Å². The number of amides is 2. The maximum atomic E-state index is 12.6. The highest BCUT2D eigenvalue weighted by Crippen LogP contribution is 2.34. The van der Waals surface area contributed by atoms with Gasteiger partial charge in [0.2, 0.25) is 5.91 Å². The molecule has 1 aromatic carbocycles. The van der Waals surface area contributed by atoms with Crippen LogP contribution in [-0.4, -0.2) is 60.4 Å². The van der Waals surface area contributed by atoms with Crippen molar-refractivity contribution in [2.75, 3.05) is 33.3 Å². The first-order valence-corrected chi connectivity index (χ1v) is 7.97. The minimum absolute atomic E-state index is 0. The molecule has 7 heteroatoms. The molecule has 3 rings (SSSR count). The molecule has 1 aromatic rings. The van der Waals surface area contributed by atoms with E-state index in [9.17, 15) is 9.59 Å². The van der Waals surface area contributed by atoms with Crippen LogP contribution in [0, 0.1) is 6.92 Å². The summed E-state index contributed by atoms with van der Waals surface area (Å²) in [6, 6.07) is 5.47. The molecule has 0 radical (unpaired) electrons. The zero-order valence-electron chi connectivity index (χ0n) is 14.1. The van der Waals surface area contributed by atoms with Crippen molar-refractivity contribution >= 4 is 24.2 Å². The Morgan fingerprint density at radius 1 is 1.12 bits per heavy atom. The lowest BCUT2D eigenvalue weighted by molar-refractivity contribution is -0.135. The fourth-order valence-corrected chi connectivity index (χ4v) is 2.91. The van der Waals surface area contributed by atoms with E-state index in [1.54, 1.807) is 23.0 Å². The smallest absolute Gasteiger partial charge is 0.254 e. The predicted octanol–water partition coefficient (Wildman–Crippen LogP) is 1.20. The van der Waals surface area contributed by atoms with Crippen LogP contribution in [0.25, 0.3) is 0 Å². The second kappa shape index (κ2) is 6.99. The second-order valence-electron chi connectivity index (χ2n) is 6.42. The van der Waals surface area contributed by atoms with Crippen LogP contribution in [0.3, 0.4) is 0 Å². The summed E-state index contributed by atoms with van der Waals surface area (Å²) in [5.74, 6) is 0.717. The van der Waals surface area contributed by atoms with E-state index in [1.165, 1.54) is 0 Å². The number of hydrogen-bond donors (Lipinski definition) is 1. The van der Waals surface area contributed by atoms with Crippen molar-refractivity contribution in [3.05, 3.63) is 29.3 Å². The highest BCUT2D eigenvalue weighted by molar-refractivity contribution is 5.95. The Balaban J connectivity index is 0.00000208. The minimum atomic E-state index is -0.628. The summed E-state index contributed by atoms with van der Waals surface area (Å²) < 4.78 is 5.28. The van der Waals surface area contributed by atoms with Crippen LogP contribution in [0.2, 0.25) is 0 Å². The first-order chi connectivity index (χ1) is 10.9. The molecule has 1 saturated heterocycles. The summed E-state index contributed by atoms with van der Waals surface area (Å²) in [6.45, 7) is 4.12. The molecule has 2 N–H and O–H groups in total. The number of halogens is 1. The molecule has 132 valence electrons. The van der Waals surface area contributed by atoms with Crippen molar-refractivity contribution in [1.29, 1.82) is 0 Å². The Morgan fingerprint density at radius 3 is 2.25 bits per heavy atom. The highest BCUT2D eigenvalue weighted by atomic mass is 35.5. The lowest BCUT2D eigenvalue weighted by Gasteiger charge is -2.36. The average molecular weight is 354 g/mol. The summed E-state index contributed by atoms with van der Waals surface area (Å²) in [6.07, 6.45) is 1.54. The van der Waals surface area contributed by atoms with E-state index in [1.807, 2.05) is 19.1 Å².